The predicted octanol–water partition coefficient (Wildman–Crippen LogP) is 1.02. The molecule has 0 aliphatic rings. The van der Waals surface area contributed by atoms with E-state index < -0.39 is 9.84 Å². The zero-order valence-electron chi connectivity index (χ0n) is 9.22. The number of carbonyl (C=O) groups excluding carboxylic acids is 1. The first-order valence-corrected chi connectivity index (χ1v) is 7.13. The van der Waals surface area contributed by atoms with Gasteiger partial charge in [-0.25, -0.2) is 8.42 Å². The summed E-state index contributed by atoms with van der Waals surface area (Å²) in [4.78, 5) is 15.5. The van der Waals surface area contributed by atoms with Gasteiger partial charge in [0, 0.05) is 31.0 Å². The summed E-state index contributed by atoms with van der Waals surface area (Å²) in [5.74, 6) is -0.0929. The molecule has 1 rings (SSSR count). The Labute approximate surface area is 95.6 Å². The number of hydrogen-bond acceptors (Lipinski definition) is 4. The van der Waals surface area contributed by atoms with Crippen molar-refractivity contribution in [3.05, 3.63) is 30.1 Å². The van der Waals surface area contributed by atoms with Crippen molar-refractivity contribution >= 4 is 15.6 Å². The van der Waals surface area contributed by atoms with E-state index in [-0.39, 0.29) is 18.0 Å². The fourth-order valence-corrected chi connectivity index (χ4v) is 1.84. The van der Waals surface area contributed by atoms with Gasteiger partial charge in [0.1, 0.15) is 15.6 Å². The number of aryl methyl sites for hydroxylation is 1. The molecule has 5 heteroatoms. The average molecular weight is 241 g/mol. The van der Waals surface area contributed by atoms with E-state index in [1.165, 1.54) is 0 Å². The van der Waals surface area contributed by atoms with Crippen molar-refractivity contribution in [3.8, 4) is 0 Å². The van der Waals surface area contributed by atoms with Crippen LogP contribution < -0.4 is 0 Å². The van der Waals surface area contributed by atoms with Gasteiger partial charge >= 0.3 is 0 Å². The third-order valence-corrected chi connectivity index (χ3v) is 3.08. The zero-order valence-corrected chi connectivity index (χ0v) is 10.0. The van der Waals surface area contributed by atoms with Crippen LogP contribution in [-0.2, 0) is 21.1 Å². The Balaban J connectivity index is 2.31. The third kappa shape index (κ3) is 5.60. The monoisotopic (exact) mass is 241 g/mol. The lowest BCUT2D eigenvalue weighted by molar-refractivity contribution is -0.118. The van der Waals surface area contributed by atoms with Crippen molar-refractivity contribution in [2.24, 2.45) is 0 Å². The Morgan fingerprint density at radius 3 is 2.62 bits per heavy atom. The molecule has 0 unspecified atom stereocenters. The number of hydrogen-bond donors (Lipinski definition) is 0. The van der Waals surface area contributed by atoms with Gasteiger partial charge < -0.3 is 0 Å². The maximum Gasteiger partial charge on any atom is 0.147 e. The second kappa shape index (κ2) is 5.75. The van der Waals surface area contributed by atoms with Crippen LogP contribution in [0, 0.1) is 0 Å². The van der Waals surface area contributed by atoms with Crippen LogP contribution in [0.2, 0.25) is 0 Å². The molecule has 1 aromatic rings. The van der Waals surface area contributed by atoms with E-state index >= 15 is 0 Å². The summed E-state index contributed by atoms with van der Waals surface area (Å²) in [6.07, 6.45) is 3.84. The molecule has 0 bridgehead atoms. The van der Waals surface area contributed by atoms with Gasteiger partial charge in [-0.1, -0.05) is 6.07 Å². The summed E-state index contributed by atoms with van der Waals surface area (Å²) >= 11 is 0. The minimum atomic E-state index is -3.04. The fraction of sp³-hybridized carbons (Fsp3) is 0.455. The van der Waals surface area contributed by atoms with E-state index in [2.05, 4.69) is 4.98 Å². The summed E-state index contributed by atoms with van der Waals surface area (Å²) in [5.41, 5.74) is 0.857. The molecule has 16 heavy (non-hydrogen) atoms. The maximum absolute atomic E-state index is 11.4. The average Bonchev–Trinajstić information content (AvgIpc) is 2.24. The number of sulfone groups is 1. The number of aromatic nitrogens is 1. The second-order valence-electron chi connectivity index (χ2n) is 3.74. The highest BCUT2D eigenvalue weighted by molar-refractivity contribution is 7.90. The molecule has 0 aliphatic heterocycles. The smallest absolute Gasteiger partial charge is 0.147 e. The lowest BCUT2D eigenvalue weighted by atomic mass is 10.1. The molecule has 0 fully saturated rings. The van der Waals surface area contributed by atoms with E-state index in [1.54, 1.807) is 6.20 Å². The van der Waals surface area contributed by atoms with Gasteiger partial charge in [0.15, 0.2) is 0 Å². The Bertz CT molecular complexity index is 440. The van der Waals surface area contributed by atoms with Crippen LogP contribution in [0.5, 0.6) is 0 Å². The second-order valence-corrected chi connectivity index (χ2v) is 6.00. The van der Waals surface area contributed by atoms with Crippen molar-refractivity contribution in [2.45, 2.75) is 19.3 Å². The van der Waals surface area contributed by atoms with E-state index in [4.69, 9.17) is 0 Å². The molecule has 4 nitrogen and oxygen atoms in total. The van der Waals surface area contributed by atoms with Crippen molar-refractivity contribution in [1.29, 1.82) is 0 Å². The Morgan fingerprint density at radius 1 is 1.31 bits per heavy atom. The van der Waals surface area contributed by atoms with Gasteiger partial charge in [-0.15, -0.1) is 0 Å². The first-order valence-electron chi connectivity index (χ1n) is 5.07. The Hall–Kier alpha value is -1.23. The molecule has 0 saturated heterocycles. The van der Waals surface area contributed by atoms with Crippen molar-refractivity contribution < 1.29 is 13.2 Å². The van der Waals surface area contributed by atoms with Gasteiger partial charge in [0.25, 0.3) is 0 Å². The van der Waals surface area contributed by atoms with E-state index in [9.17, 15) is 13.2 Å². The summed E-state index contributed by atoms with van der Waals surface area (Å²) in [6, 6.07) is 5.53. The van der Waals surface area contributed by atoms with Crippen molar-refractivity contribution in [1.82, 2.24) is 4.98 Å². The molecular weight excluding hydrogens is 226 g/mol. The highest BCUT2D eigenvalue weighted by Gasteiger charge is 2.08. The molecule has 0 atom stereocenters. The summed E-state index contributed by atoms with van der Waals surface area (Å²) in [6.45, 7) is 0. The SMILES string of the molecule is CS(=O)(=O)CCC(=O)CCc1ccccn1. The molecule has 0 aromatic carbocycles. The van der Waals surface area contributed by atoms with Crippen LogP contribution in [0.1, 0.15) is 18.5 Å². The molecule has 0 saturated carbocycles. The lowest BCUT2D eigenvalue weighted by Crippen LogP contribution is -2.10. The van der Waals surface area contributed by atoms with Crippen molar-refractivity contribution in [3.63, 3.8) is 0 Å². The molecular formula is C11H15NO3S. The number of Topliss-reactive ketones (excluding diaryl/α,β-unsaturated/α-hetero) is 1. The zero-order chi connectivity index (χ0) is 12.0. The van der Waals surface area contributed by atoms with Crippen LogP contribution in [0.4, 0.5) is 0 Å². The minimum absolute atomic E-state index is 0.0314. The number of pyridine rings is 1. The van der Waals surface area contributed by atoms with Gasteiger partial charge in [0.05, 0.1) is 5.75 Å². The number of ketones is 1. The lowest BCUT2D eigenvalue weighted by Gasteiger charge is -2.00. The molecule has 1 aromatic heterocycles. The Kier molecular flexibility index (Phi) is 4.61. The van der Waals surface area contributed by atoms with Gasteiger partial charge in [-0.05, 0) is 18.6 Å². The normalized spacial score (nSPS) is 11.3. The Morgan fingerprint density at radius 2 is 2.06 bits per heavy atom. The first-order chi connectivity index (χ1) is 7.47. The summed E-state index contributed by atoms with van der Waals surface area (Å²) in [7, 11) is -3.04. The van der Waals surface area contributed by atoms with E-state index in [0.717, 1.165) is 11.9 Å². The quantitative estimate of drug-likeness (QED) is 0.746. The van der Waals surface area contributed by atoms with E-state index in [0.29, 0.717) is 12.8 Å². The number of carbonyl (C=O) groups is 1. The highest BCUT2D eigenvalue weighted by atomic mass is 32.2. The topological polar surface area (TPSA) is 64.1 Å². The van der Waals surface area contributed by atoms with Gasteiger partial charge in [-0.3, -0.25) is 9.78 Å². The molecule has 0 aliphatic carbocycles. The standard InChI is InChI=1S/C11H15NO3S/c1-16(14,15)9-7-11(13)6-5-10-4-2-3-8-12-10/h2-4,8H,5-7,9H2,1H3. The summed E-state index contributed by atoms with van der Waals surface area (Å²) in [5, 5.41) is 0. The number of nitrogens with zero attached hydrogens (tertiary/aromatic N) is 1. The first kappa shape index (κ1) is 12.8. The summed E-state index contributed by atoms with van der Waals surface area (Å²) < 4.78 is 21.7. The largest absolute Gasteiger partial charge is 0.300 e. The third-order valence-electron chi connectivity index (χ3n) is 2.14. The van der Waals surface area contributed by atoms with Crippen LogP contribution in [0.15, 0.2) is 24.4 Å². The highest BCUT2D eigenvalue weighted by Crippen LogP contribution is 2.01. The molecule has 88 valence electrons. The van der Waals surface area contributed by atoms with Gasteiger partial charge in [-0.2, -0.15) is 0 Å². The fourth-order valence-electron chi connectivity index (χ4n) is 1.24. The van der Waals surface area contributed by atoms with Crippen LogP contribution >= 0.6 is 0 Å². The maximum atomic E-state index is 11.4. The number of rotatable bonds is 6. The van der Waals surface area contributed by atoms with E-state index in [1.807, 2.05) is 18.2 Å². The molecule has 0 N–H and O–H groups in total. The minimum Gasteiger partial charge on any atom is -0.300 e. The van der Waals surface area contributed by atoms with Crippen LogP contribution in [0.25, 0.3) is 0 Å². The van der Waals surface area contributed by atoms with Crippen LogP contribution in [-0.4, -0.2) is 31.2 Å². The predicted molar refractivity (Wildman–Crippen MR) is 61.9 cm³/mol. The molecule has 0 spiro atoms. The molecule has 1 heterocycles. The van der Waals surface area contributed by atoms with Gasteiger partial charge in [0.2, 0.25) is 0 Å². The van der Waals surface area contributed by atoms with Crippen LogP contribution in [0.3, 0.4) is 0 Å². The molecule has 0 amide bonds. The van der Waals surface area contributed by atoms with Crippen molar-refractivity contribution in [2.75, 3.05) is 12.0 Å². The molecule has 0 radical (unpaired) electrons.